The lowest BCUT2D eigenvalue weighted by atomic mass is 9.86. The average molecular weight is 268 g/mol. The highest BCUT2D eigenvalue weighted by Crippen LogP contribution is 2.32. The van der Waals surface area contributed by atoms with Crippen molar-refractivity contribution in [2.45, 2.75) is 45.7 Å². The first-order valence-electron chi connectivity index (χ1n) is 6.80. The molecule has 0 unspecified atom stereocenters. The van der Waals surface area contributed by atoms with Gasteiger partial charge in [0.25, 0.3) is 0 Å². The van der Waals surface area contributed by atoms with Crippen molar-refractivity contribution in [1.82, 2.24) is 5.32 Å². The summed E-state index contributed by atoms with van der Waals surface area (Å²) in [5, 5.41) is 4.13. The van der Waals surface area contributed by atoms with Crippen LogP contribution >= 0.6 is 11.6 Å². The minimum absolute atomic E-state index is 0.462. The van der Waals surface area contributed by atoms with E-state index < -0.39 is 0 Å². The zero-order chi connectivity index (χ0) is 13.0. The molecule has 0 saturated heterocycles. The zero-order valence-electron chi connectivity index (χ0n) is 11.2. The molecule has 3 heteroatoms. The van der Waals surface area contributed by atoms with E-state index in [2.05, 4.69) is 25.2 Å². The molecular formula is C15H22ClNO. The molecule has 18 heavy (non-hydrogen) atoms. The van der Waals surface area contributed by atoms with Gasteiger partial charge in [-0.25, -0.2) is 0 Å². The Kier molecular flexibility index (Phi) is 4.90. The molecule has 2 nitrogen and oxygen atoms in total. The van der Waals surface area contributed by atoms with Gasteiger partial charge in [0.05, 0.1) is 11.6 Å². The molecule has 1 aliphatic rings. The number of halogens is 1. The summed E-state index contributed by atoms with van der Waals surface area (Å²) in [7, 11) is 0. The lowest BCUT2D eigenvalue weighted by Crippen LogP contribution is -2.23. The Morgan fingerprint density at radius 3 is 2.78 bits per heavy atom. The first-order valence-corrected chi connectivity index (χ1v) is 7.18. The molecule has 0 atom stereocenters. The maximum atomic E-state index is 6.24. The second kappa shape index (κ2) is 6.44. The summed E-state index contributed by atoms with van der Waals surface area (Å²) in [5.41, 5.74) is 1.15. The van der Waals surface area contributed by atoms with Gasteiger partial charge in [-0.2, -0.15) is 0 Å². The number of benzene rings is 1. The predicted molar refractivity (Wildman–Crippen MR) is 76.3 cm³/mol. The largest absolute Gasteiger partial charge is 0.491 e. The first kappa shape index (κ1) is 13.7. The van der Waals surface area contributed by atoms with Gasteiger partial charge in [0.1, 0.15) is 5.75 Å². The van der Waals surface area contributed by atoms with Crippen LogP contribution in [0.25, 0.3) is 0 Å². The van der Waals surface area contributed by atoms with Gasteiger partial charge in [-0.3, -0.25) is 0 Å². The minimum atomic E-state index is 0.462. The second-order valence-corrected chi connectivity index (χ2v) is 5.78. The maximum absolute atomic E-state index is 6.24. The third kappa shape index (κ3) is 3.63. The Hall–Kier alpha value is -0.730. The number of ether oxygens (including phenoxy) is 1. The molecule has 2 rings (SSSR count). The number of rotatable bonds is 6. The molecule has 1 aliphatic carbocycles. The van der Waals surface area contributed by atoms with E-state index in [-0.39, 0.29) is 0 Å². The van der Waals surface area contributed by atoms with Gasteiger partial charge in [0.2, 0.25) is 0 Å². The van der Waals surface area contributed by atoms with Crippen LogP contribution in [0.2, 0.25) is 5.02 Å². The number of hydrogen-bond acceptors (Lipinski definition) is 2. The topological polar surface area (TPSA) is 21.3 Å². The van der Waals surface area contributed by atoms with Gasteiger partial charge in [-0.1, -0.05) is 44.0 Å². The van der Waals surface area contributed by atoms with E-state index in [0.29, 0.717) is 6.04 Å². The molecule has 0 amide bonds. The van der Waals surface area contributed by atoms with Crippen LogP contribution in [-0.2, 0) is 6.54 Å². The van der Waals surface area contributed by atoms with E-state index in [1.54, 1.807) is 0 Å². The van der Waals surface area contributed by atoms with Crippen molar-refractivity contribution >= 4 is 11.6 Å². The Morgan fingerprint density at radius 2 is 2.17 bits per heavy atom. The van der Waals surface area contributed by atoms with E-state index in [1.165, 1.54) is 19.3 Å². The summed E-state index contributed by atoms with van der Waals surface area (Å²) in [4.78, 5) is 0. The average Bonchev–Trinajstić information content (AvgIpc) is 2.26. The van der Waals surface area contributed by atoms with Crippen molar-refractivity contribution < 1.29 is 4.74 Å². The fourth-order valence-corrected chi connectivity index (χ4v) is 2.28. The summed E-state index contributed by atoms with van der Waals surface area (Å²) in [6.07, 6.45) is 3.94. The van der Waals surface area contributed by atoms with Crippen molar-refractivity contribution in [3.63, 3.8) is 0 Å². The molecule has 0 aromatic heterocycles. The van der Waals surface area contributed by atoms with Gasteiger partial charge < -0.3 is 10.1 Å². The highest BCUT2D eigenvalue weighted by molar-refractivity contribution is 6.32. The van der Waals surface area contributed by atoms with Crippen molar-refractivity contribution in [2.24, 2.45) is 5.92 Å². The number of para-hydroxylation sites is 1. The molecule has 1 saturated carbocycles. The van der Waals surface area contributed by atoms with Gasteiger partial charge >= 0.3 is 0 Å². The van der Waals surface area contributed by atoms with Crippen molar-refractivity contribution in [3.05, 3.63) is 28.8 Å². The predicted octanol–water partition coefficient (Wildman–Crippen LogP) is 4.02. The lowest BCUT2D eigenvalue weighted by molar-refractivity contribution is 0.179. The van der Waals surface area contributed by atoms with Crippen LogP contribution in [0.15, 0.2) is 18.2 Å². The van der Waals surface area contributed by atoms with E-state index in [0.717, 1.165) is 35.4 Å². The third-order valence-electron chi connectivity index (χ3n) is 3.44. The van der Waals surface area contributed by atoms with E-state index in [1.807, 2.05) is 12.1 Å². The number of nitrogens with one attached hydrogen (secondary N) is 1. The highest BCUT2D eigenvalue weighted by atomic mass is 35.5. The molecule has 0 aliphatic heterocycles. The molecule has 1 N–H and O–H groups in total. The van der Waals surface area contributed by atoms with Crippen LogP contribution in [0.5, 0.6) is 5.75 Å². The summed E-state index contributed by atoms with van der Waals surface area (Å²) >= 11 is 6.24. The van der Waals surface area contributed by atoms with E-state index in [9.17, 15) is 0 Å². The van der Waals surface area contributed by atoms with Crippen LogP contribution < -0.4 is 10.1 Å². The normalized spacial score (nSPS) is 15.8. The SMILES string of the molecule is CC(C)NCc1cccc(Cl)c1OCC1CCC1. The smallest absolute Gasteiger partial charge is 0.142 e. The first-order chi connectivity index (χ1) is 8.66. The molecular weight excluding hydrogens is 246 g/mol. The minimum Gasteiger partial charge on any atom is -0.491 e. The molecule has 1 aromatic carbocycles. The molecule has 100 valence electrons. The molecule has 1 aromatic rings. The molecule has 0 radical (unpaired) electrons. The monoisotopic (exact) mass is 267 g/mol. The molecule has 0 spiro atoms. The molecule has 1 fully saturated rings. The van der Waals surface area contributed by atoms with Gasteiger partial charge in [0, 0.05) is 18.2 Å². The quantitative estimate of drug-likeness (QED) is 0.841. The van der Waals surface area contributed by atoms with E-state index >= 15 is 0 Å². The van der Waals surface area contributed by atoms with Crippen molar-refractivity contribution in [3.8, 4) is 5.75 Å². The zero-order valence-corrected chi connectivity index (χ0v) is 12.0. The van der Waals surface area contributed by atoms with Crippen LogP contribution in [0.1, 0.15) is 38.7 Å². The lowest BCUT2D eigenvalue weighted by Gasteiger charge is -2.26. The summed E-state index contributed by atoms with van der Waals surface area (Å²) in [6, 6.07) is 6.42. The van der Waals surface area contributed by atoms with Gasteiger partial charge in [0.15, 0.2) is 0 Å². The third-order valence-corrected chi connectivity index (χ3v) is 3.74. The van der Waals surface area contributed by atoms with Crippen LogP contribution in [0.3, 0.4) is 0 Å². The Morgan fingerprint density at radius 1 is 1.39 bits per heavy atom. The highest BCUT2D eigenvalue weighted by Gasteiger charge is 2.19. The van der Waals surface area contributed by atoms with Crippen molar-refractivity contribution in [1.29, 1.82) is 0 Å². The number of hydrogen-bond donors (Lipinski definition) is 1. The maximum Gasteiger partial charge on any atom is 0.142 e. The fourth-order valence-electron chi connectivity index (χ4n) is 2.03. The van der Waals surface area contributed by atoms with Crippen LogP contribution in [0, 0.1) is 5.92 Å². The van der Waals surface area contributed by atoms with Crippen molar-refractivity contribution in [2.75, 3.05) is 6.61 Å². The summed E-state index contributed by atoms with van der Waals surface area (Å²) < 4.78 is 5.93. The van der Waals surface area contributed by atoms with Gasteiger partial charge in [-0.15, -0.1) is 0 Å². The second-order valence-electron chi connectivity index (χ2n) is 5.37. The standard InChI is InChI=1S/C15H22ClNO/c1-11(2)17-9-13-7-4-8-14(16)15(13)18-10-12-5-3-6-12/h4,7-8,11-12,17H,3,5-6,9-10H2,1-2H3. The summed E-state index contributed by atoms with van der Waals surface area (Å²) in [5.74, 6) is 1.59. The Bertz CT molecular complexity index is 388. The summed E-state index contributed by atoms with van der Waals surface area (Å²) in [6.45, 7) is 5.88. The Balaban J connectivity index is 2.00. The fraction of sp³-hybridized carbons (Fsp3) is 0.600. The van der Waals surface area contributed by atoms with Crippen LogP contribution in [-0.4, -0.2) is 12.6 Å². The van der Waals surface area contributed by atoms with E-state index in [4.69, 9.17) is 16.3 Å². The van der Waals surface area contributed by atoms with Crippen LogP contribution in [0.4, 0.5) is 0 Å². The molecule has 0 heterocycles. The molecule has 0 bridgehead atoms. The Labute approximate surface area is 115 Å². The van der Waals surface area contributed by atoms with Gasteiger partial charge in [-0.05, 0) is 24.8 Å².